The third-order valence-electron chi connectivity index (χ3n) is 2.96. The molecule has 0 saturated carbocycles. The lowest BCUT2D eigenvalue weighted by Gasteiger charge is -2.25. The summed E-state index contributed by atoms with van der Waals surface area (Å²) >= 11 is 11.7. The number of hydrogen-bond donors (Lipinski definition) is 1. The predicted octanol–water partition coefficient (Wildman–Crippen LogP) is 3.46. The fourth-order valence-electron chi connectivity index (χ4n) is 1.99. The lowest BCUT2D eigenvalue weighted by atomic mass is 10.1. The third kappa shape index (κ3) is 6.44. The van der Waals surface area contributed by atoms with Gasteiger partial charge in [0.1, 0.15) is 5.75 Å². The minimum Gasteiger partial charge on any atom is -0.491 e. The number of alkyl halides is 2. The van der Waals surface area contributed by atoms with Gasteiger partial charge in [0.05, 0.1) is 18.7 Å². The van der Waals surface area contributed by atoms with Gasteiger partial charge in [0, 0.05) is 30.8 Å². The summed E-state index contributed by atoms with van der Waals surface area (Å²) in [6.45, 7) is 3.57. The highest BCUT2D eigenvalue weighted by molar-refractivity contribution is 6.18. The molecular formula is C15H21Cl2NO3. The van der Waals surface area contributed by atoms with Gasteiger partial charge in [-0.05, 0) is 12.1 Å². The summed E-state index contributed by atoms with van der Waals surface area (Å²) in [4.78, 5) is 12.7. The van der Waals surface area contributed by atoms with Crippen molar-refractivity contribution in [2.45, 2.75) is 13.3 Å². The van der Waals surface area contributed by atoms with Crippen LogP contribution in [0.4, 0.5) is 5.69 Å². The minimum absolute atomic E-state index is 0.0509. The van der Waals surface area contributed by atoms with Crippen molar-refractivity contribution in [2.75, 3.05) is 36.4 Å². The zero-order valence-corrected chi connectivity index (χ0v) is 13.6. The second-order valence-electron chi connectivity index (χ2n) is 4.85. The molecule has 118 valence electrons. The number of carboxylic acids is 1. The Kier molecular flexibility index (Phi) is 8.31. The summed E-state index contributed by atoms with van der Waals surface area (Å²) in [6.07, 6.45) is 0.0925. The van der Waals surface area contributed by atoms with Gasteiger partial charge in [-0.2, -0.15) is 0 Å². The van der Waals surface area contributed by atoms with Crippen LogP contribution in [-0.2, 0) is 4.79 Å². The molecule has 1 rings (SSSR count). The molecule has 0 heterocycles. The first-order chi connectivity index (χ1) is 10.1. The Bertz CT molecular complexity index is 437. The van der Waals surface area contributed by atoms with E-state index in [1.54, 1.807) is 0 Å². The Labute approximate surface area is 135 Å². The van der Waals surface area contributed by atoms with Crippen LogP contribution in [0.1, 0.15) is 13.3 Å². The molecule has 0 amide bonds. The quantitative estimate of drug-likeness (QED) is 0.666. The number of hydrogen-bond acceptors (Lipinski definition) is 3. The van der Waals surface area contributed by atoms with E-state index in [-0.39, 0.29) is 12.3 Å². The Morgan fingerprint density at radius 1 is 1.29 bits per heavy atom. The van der Waals surface area contributed by atoms with Crippen molar-refractivity contribution in [1.29, 1.82) is 0 Å². The van der Waals surface area contributed by atoms with Gasteiger partial charge in [-0.1, -0.05) is 19.1 Å². The van der Waals surface area contributed by atoms with Gasteiger partial charge in [0.25, 0.3) is 0 Å². The standard InChI is InChI=1S/C15H21Cl2NO3/c1-12(10-15(19)20)11-21-14-5-3-2-4-13(14)18(8-6-16)9-7-17/h2-5,12H,6-11H2,1H3,(H,19,20)/t12-/m1/s1. The molecule has 0 aliphatic rings. The zero-order chi connectivity index (χ0) is 15.7. The molecule has 0 unspecified atom stereocenters. The van der Waals surface area contributed by atoms with Crippen LogP contribution in [-0.4, -0.2) is 42.5 Å². The van der Waals surface area contributed by atoms with Crippen LogP contribution in [0.15, 0.2) is 24.3 Å². The smallest absolute Gasteiger partial charge is 0.303 e. The van der Waals surface area contributed by atoms with Crippen LogP contribution < -0.4 is 9.64 Å². The number of rotatable bonds is 10. The lowest BCUT2D eigenvalue weighted by Crippen LogP contribution is -2.28. The van der Waals surface area contributed by atoms with E-state index < -0.39 is 5.97 Å². The summed E-state index contributed by atoms with van der Waals surface area (Å²) in [6, 6.07) is 7.65. The highest BCUT2D eigenvalue weighted by Gasteiger charge is 2.13. The highest BCUT2D eigenvalue weighted by Crippen LogP contribution is 2.28. The molecule has 6 heteroatoms. The number of ether oxygens (including phenoxy) is 1. The number of para-hydroxylation sites is 2. The Morgan fingerprint density at radius 3 is 2.48 bits per heavy atom. The first kappa shape index (κ1) is 17.9. The number of halogens is 2. The summed E-state index contributed by atoms with van der Waals surface area (Å²) in [7, 11) is 0. The van der Waals surface area contributed by atoms with Crippen molar-refractivity contribution in [3.05, 3.63) is 24.3 Å². The summed E-state index contributed by atoms with van der Waals surface area (Å²) < 4.78 is 5.78. The predicted molar refractivity (Wildman–Crippen MR) is 87.0 cm³/mol. The molecule has 1 aromatic rings. The van der Waals surface area contributed by atoms with E-state index in [9.17, 15) is 4.79 Å². The normalized spacial score (nSPS) is 12.0. The van der Waals surface area contributed by atoms with Gasteiger partial charge < -0.3 is 14.7 Å². The molecule has 0 spiro atoms. The van der Waals surface area contributed by atoms with Crippen LogP contribution in [0, 0.1) is 5.92 Å². The number of anilines is 1. The van der Waals surface area contributed by atoms with Crippen LogP contribution in [0.5, 0.6) is 5.75 Å². The second kappa shape index (κ2) is 9.74. The zero-order valence-electron chi connectivity index (χ0n) is 12.1. The topological polar surface area (TPSA) is 49.8 Å². The monoisotopic (exact) mass is 333 g/mol. The lowest BCUT2D eigenvalue weighted by molar-refractivity contribution is -0.138. The van der Waals surface area contributed by atoms with Gasteiger partial charge in [0.15, 0.2) is 0 Å². The molecule has 0 aliphatic heterocycles. The second-order valence-corrected chi connectivity index (χ2v) is 5.60. The molecule has 4 nitrogen and oxygen atoms in total. The average molecular weight is 334 g/mol. The maximum atomic E-state index is 10.7. The average Bonchev–Trinajstić information content (AvgIpc) is 2.44. The number of nitrogens with zero attached hydrogens (tertiary/aromatic N) is 1. The molecule has 1 aromatic carbocycles. The van der Waals surface area contributed by atoms with Crippen molar-refractivity contribution in [1.82, 2.24) is 0 Å². The molecule has 21 heavy (non-hydrogen) atoms. The van der Waals surface area contributed by atoms with Crippen LogP contribution in [0.25, 0.3) is 0 Å². The van der Waals surface area contributed by atoms with E-state index in [0.29, 0.717) is 31.5 Å². The largest absolute Gasteiger partial charge is 0.491 e. The molecule has 0 radical (unpaired) electrons. The van der Waals surface area contributed by atoms with Gasteiger partial charge in [-0.25, -0.2) is 0 Å². The number of carbonyl (C=O) groups is 1. The van der Waals surface area contributed by atoms with E-state index in [0.717, 1.165) is 11.4 Å². The van der Waals surface area contributed by atoms with E-state index in [1.807, 2.05) is 31.2 Å². The van der Waals surface area contributed by atoms with E-state index in [4.69, 9.17) is 33.0 Å². The highest BCUT2D eigenvalue weighted by atomic mass is 35.5. The molecule has 0 aromatic heterocycles. The summed E-state index contributed by atoms with van der Waals surface area (Å²) in [5, 5.41) is 8.77. The molecule has 0 fully saturated rings. The van der Waals surface area contributed by atoms with Crippen molar-refractivity contribution in [3.8, 4) is 5.75 Å². The number of benzene rings is 1. The fourth-order valence-corrected chi connectivity index (χ4v) is 2.39. The van der Waals surface area contributed by atoms with Crippen LogP contribution in [0.2, 0.25) is 0 Å². The maximum absolute atomic E-state index is 10.7. The van der Waals surface area contributed by atoms with Gasteiger partial charge in [-0.3, -0.25) is 4.79 Å². The van der Waals surface area contributed by atoms with Crippen molar-refractivity contribution in [3.63, 3.8) is 0 Å². The minimum atomic E-state index is -0.815. The van der Waals surface area contributed by atoms with E-state index >= 15 is 0 Å². The van der Waals surface area contributed by atoms with E-state index in [1.165, 1.54) is 0 Å². The van der Waals surface area contributed by atoms with Crippen molar-refractivity contribution < 1.29 is 14.6 Å². The third-order valence-corrected chi connectivity index (χ3v) is 3.30. The van der Waals surface area contributed by atoms with Gasteiger partial charge >= 0.3 is 5.97 Å². The molecule has 0 aliphatic carbocycles. The van der Waals surface area contributed by atoms with Crippen LogP contribution >= 0.6 is 23.2 Å². The maximum Gasteiger partial charge on any atom is 0.303 e. The molecule has 1 N–H and O–H groups in total. The summed E-state index contributed by atoms with van der Waals surface area (Å²) in [5.74, 6) is 0.863. The Hall–Kier alpha value is -1.13. The molecule has 1 atom stereocenters. The van der Waals surface area contributed by atoms with E-state index in [2.05, 4.69) is 4.90 Å². The van der Waals surface area contributed by atoms with Crippen LogP contribution in [0.3, 0.4) is 0 Å². The Morgan fingerprint density at radius 2 is 1.90 bits per heavy atom. The van der Waals surface area contributed by atoms with Gasteiger partial charge in [-0.15, -0.1) is 23.2 Å². The van der Waals surface area contributed by atoms with Crippen molar-refractivity contribution in [2.24, 2.45) is 5.92 Å². The molecular weight excluding hydrogens is 313 g/mol. The SMILES string of the molecule is C[C@@H](COc1ccccc1N(CCCl)CCCl)CC(=O)O. The first-order valence-corrected chi connectivity index (χ1v) is 7.95. The molecule has 0 bridgehead atoms. The van der Waals surface area contributed by atoms with Gasteiger partial charge in [0.2, 0.25) is 0 Å². The van der Waals surface area contributed by atoms with Crippen molar-refractivity contribution >= 4 is 34.9 Å². The molecule has 0 saturated heterocycles. The Balaban J connectivity index is 2.75. The number of carboxylic acid groups (broad SMARTS) is 1. The first-order valence-electron chi connectivity index (χ1n) is 6.89. The summed E-state index contributed by atoms with van der Waals surface area (Å²) in [5.41, 5.74) is 0.932. The fraction of sp³-hybridized carbons (Fsp3) is 0.533. The number of aliphatic carboxylic acids is 1.